The molecule has 0 saturated heterocycles. The Balaban J connectivity index is 4.24. The van der Waals surface area contributed by atoms with E-state index in [4.69, 9.17) is 25.5 Å². The van der Waals surface area contributed by atoms with Gasteiger partial charge in [-0.1, -0.05) is 0 Å². The van der Waals surface area contributed by atoms with Gasteiger partial charge in [-0.25, -0.2) is 0 Å². The van der Waals surface area contributed by atoms with E-state index in [9.17, 15) is 4.79 Å². The minimum Gasteiger partial charge on any atom is -0.394 e. The smallest absolute Gasteiger partial charge is 0.217 e. The molecule has 0 fully saturated rings. The Morgan fingerprint density at radius 1 is 1.15 bits per heavy atom. The third-order valence-corrected chi connectivity index (χ3v) is 1.77. The fraction of sp³-hybridized carbons (Fsp3) is 0.833. The van der Waals surface area contributed by atoms with Gasteiger partial charge in [0.25, 0.3) is 0 Å². The summed E-state index contributed by atoms with van der Waals surface area (Å²) in [6, 6.07) is 0. The van der Waals surface area contributed by atoms with Crippen LogP contribution in [-0.4, -0.2) is 61.7 Å². The summed E-state index contributed by atoms with van der Waals surface area (Å²) >= 11 is 3.22. The van der Waals surface area contributed by atoms with E-state index in [1.54, 1.807) is 0 Å². The minimum atomic E-state index is -1.89. The molecule has 0 amide bonds. The summed E-state index contributed by atoms with van der Waals surface area (Å²) in [5.41, 5.74) is 0. The van der Waals surface area contributed by atoms with Crippen LogP contribution in [0.15, 0.2) is 0 Å². The first-order chi connectivity index (χ1) is 5.91. The van der Waals surface area contributed by atoms with E-state index in [1.165, 1.54) is 0 Å². The Morgan fingerprint density at radius 2 is 1.62 bits per heavy atom. The highest BCUT2D eigenvalue weighted by atomic mass is 32.1. The second-order valence-electron chi connectivity index (χ2n) is 2.51. The summed E-state index contributed by atoms with van der Waals surface area (Å²) in [7, 11) is 0. The van der Waals surface area contributed by atoms with Gasteiger partial charge in [-0.05, 0) is 0 Å². The van der Waals surface area contributed by atoms with Gasteiger partial charge < -0.3 is 25.5 Å². The van der Waals surface area contributed by atoms with Crippen molar-refractivity contribution in [2.75, 3.05) is 6.61 Å². The van der Waals surface area contributed by atoms with E-state index >= 15 is 0 Å². The van der Waals surface area contributed by atoms with Gasteiger partial charge in [0.2, 0.25) is 5.12 Å². The van der Waals surface area contributed by atoms with Crippen LogP contribution >= 0.6 is 12.6 Å². The summed E-state index contributed by atoms with van der Waals surface area (Å²) in [6.07, 6.45) is -7.17. The van der Waals surface area contributed by atoms with Crippen LogP contribution in [0.25, 0.3) is 0 Å². The standard InChI is InChI=1S/C6H12O6S/c7-1-2(8)3(9)4(10)5(11)6(12)13/h2-5,7-11H,1H2,(H,12,13)/t2-,3+,4-,5-/m1/s1. The van der Waals surface area contributed by atoms with Crippen molar-refractivity contribution in [1.29, 1.82) is 0 Å². The number of aliphatic hydroxyl groups excluding tert-OH is 5. The summed E-state index contributed by atoms with van der Waals surface area (Å²) in [6.45, 7) is -0.786. The van der Waals surface area contributed by atoms with E-state index in [0.717, 1.165) is 0 Å². The Morgan fingerprint density at radius 3 is 1.92 bits per heavy atom. The molecule has 78 valence electrons. The fourth-order valence-electron chi connectivity index (χ4n) is 0.668. The lowest BCUT2D eigenvalue weighted by atomic mass is 10.0. The Kier molecular flexibility index (Phi) is 5.45. The molecule has 5 N–H and O–H groups in total. The van der Waals surface area contributed by atoms with Crippen molar-refractivity contribution in [2.45, 2.75) is 24.4 Å². The summed E-state index contributed by atoms with van der Waals surface area (Å²) < 4.78 is 0. The topological polar surface area (TPSA) is 118 Å². The Bertz CT molecular complexity index is 175. The number of carbonyl (C=O) groups excluding carboxylic acids is 1. The molecule has 13 heavy (non-hydrogen) atoms. The number of hydrogen-bond donors (Lipinski definition) is 6. The highest BCUT2D eigenvalue weighted by molar-refractivity contribution is 7.96. The van der Waals surface area contributed by atoms with Crippen LogP contribution in [0.5, 0.6) is 0 Å². The van der Waals surface area contributed by atoms with Gasteiger partial charge in [0.1, 0.15) is 18.3 Å². The molecule has 0 aromatic heterocycles. The lowest BCUT2D eigenvalue weighted by Gasteiger charge is -2.23. The van der Waals surface area contributed by atoms with E-state index in [1.807, 2.05) is 0 Å². The molecule has 0 aromatic carbocycles. The lowest BCUT2D eigenvalue weighted by molar-refractivity contribution is -0.139. The van der Waals surface area contributed by atoms with Crippen molar-refractivity contribution in [3.05, 3.63) is 0 Å². The van der Waals surface area contributed by atoms with Crippen LogP contribution in [0.3, 0.4) is 0 Å². The van der Waals surface area contributed by atoms with Crippen molar-refractivity contribution in [3.63, 3.8) is 0 Å². The molecule has 0 spiro atoms. The van der Waals surface area contributed by atoms with Gasteiger partial charge in [0.05, 0.1) is 6.61 Å². The molecule has 0 aliphatic heterocycles. The van der Waals surface area contributed by atoms with Crippen LogP contribution in [-0.2, 0) is 4.79 Å². The summed E-state index contributed by atoms with van der Waals surface area (Å²) in [4.78, 5) is 10.4. The SMILES string of the molecule is O=C(S)[C@H](O)[C@H](O)[C@@H](O)[C@H](O)CO. The zero-order chi connectivity index (χ0) is 10.6. The molecule has 0 aliphatic carbocycles. The largest absolute Gasteiger partial charge is 0.394 e. The molecule has 6 nitrogen and oxygen atoms in total. The average Bonchev–Trinajstić information content (AvgIpc) is 2.12. The highest BCUT2D eigenvalue weighted by Crippen LogP contribution is 2.06. The fourth-order valence-corrected chi connectivity index (χ4v) is 0.821. The molecule has 0 heterocycles. The monoisotopic (exact) mass is 212 g/mol. The molecule has 0 bridgehead atoms. The molecule has 0 aromatic rings. The number of carbonyl (C=O) groups is 1. The van der Waals surface area contributed by atoms with Gasteiger partial charge in [-0.3, -0.25) is 4.79 Å². The molecular formula is C6H12O6S. The highest BCUT2D eigenvalue weighted by Gasteiger charge is 2.32. The van der Waals surface area contributed by atoms with Crippen LogP contribution in [0.2, 0.25) is 0 Å². The average molecular weight is 212 g/mol. The van der Waals surface area contributed by atoms with Gasteiger partial charge in [0.15, 0.2) is 6.10 Å². The van der Waals surface area contributed by atoms with E-state index in [-0.39, 0.29) is 0 Å². The van der Waals surface area contributed by atoms with Gasteiger partial charge in [-0.15, -0.1) is 12.6 Å². The second kappa shape index (κ2) is 5.53. The maximum atomic E-state index is 10.4. The van der Waals surface area contributed by atoms with E-state index in [2.05, 4.69) is 12.6 Å². The first kappa shape index (κ1) is 12.8. The summed E-state index contributed by atoms with van der Waals surface area (Å²) in [5.74, 6) is 0. The summed E-state index contributed by atoms with van der Waals surface area (Å²) in [5, 5.41) is 43.1. The van der Waals surface area contributed by atoms with Crippen molar-refractivity contribution < 1.29 is 30.3 Å². The van der Waals surface area contributed by atoms with Gasteiger partial charge >= 0.3 is 0 Å². The number of thiol groups is 1. The zero-order valence-corrected chi connectivity index (χ0v) is 7.50. The van der Waals surface area contributed by atoms with Crippen molar-refractivity contribution in [1.82, 2.24) is 0 Å². The number of aliphatic hydroxyl groups is 5. The molecular weight excluding hydrogens is 200 g/mol. The zero-order valence-electron chi connectivity index (χ0n) is 6.61. The second-order valence-corrected chi connectivity index (χ2v) is 2.95. The van der Waals surface area contributed by atoms with Crippen LogP contribution in [0.1, 0.15) is 0 Å². The van der Waals surface area contributed by atoms with Crippen LogP contribution in [0, 0.1) is 0 Å². The molecule has 0 radical (unpaired) electrons. The van der Waals surface area contributed by atoms with Gasteiger partial charge in [0, 0.05) is 0 Å². The van der Waals surface area contributed by atoms with Crippen molar-refractivity contribution >= 4 is 17.7 Å². The number of rotatable bonds is 5. The predicted octanol–water partition coefficient (Wildman–Crippen LogP) is -3.12. The third kappa shape index (κ3) is 3.59. The maximum absolute atomic E-state index is 10.4. The maximum Gasteiger partial charge on any atom is 0.217 e. The Hall–Kier alpha value is -0.180. The third-order valence-electron chi connectivity index (χ3n) is 1.51. The van der Waals surface area contributed by atoms with Gasteiger partial charge in [-0.2, -0.15) is 0 Å². The van der Waals surface area contributed by atoms with Crippen molar-refractivity contribution in [3.8, 4) is 0 Å². The normalized spacial score (nSPS) is 20.5. The molecule has 0 unspecified atom stereocenters. The quantitative estimate of drug-likeness (QED) is 0.268. The van der Waals surface area contributed by atoms with E-state index < -0.39 is 36.1 Å². The predicted molar refractivity (Wildman–Crippen MR) is 45.1 cm³/mol. The van der Waals surface area contributed by atoms with Crippen molar-refractivity contribution in [2.24, 2.45) is 0 Å². The minimum absolute atomic E-state index is 0.786. The van der Waals surface area contributed by atoms with E-state index in [0.29, 0.717) is 0 Å². The Labute approximate surface area is 79.9 Å². The molecule has 7 heteroatoms. The lowest BCUT2D eigenvalue weighted by Crippen LogP contribution is -2.47. The molecule has 0 saturated carbocycles. The molecule has 0 rings (SSSR count). The number of hydrogen-bond acceptors (Lipinski definition) is 6. The first-order valence-electron chi connectivity index (χ1n) is 3.47. The molecule has 0 aliphatic rings. The van der Waals surface area contributed by atoms with Crippen LogP contribution in [0.4, 0.5) is 0 Å². The molecule has 4 atom stereocenters. The first-order valence-corrected chi connectivity index (χ1v) is 3.92. The van der Waals surface area contributed by atoms with Crippen LogP contribution < -0.4 is 0 Å².